The van der Waals surface area contributed by atoms with Crippen molar-refractivity contribution < 1.29 is 19.5 Å². The Morgan fingerprint density at radius 2 is 2.00 bits per heavy atom. The van der Waals surface area contributed by atoms with Gasteiger partial charge in [-0.2, -0.15) is 0 Å². The van der Waals surface area contributed by atoms with E-state index in [2.05, 4.69) is 5.32 Å². The quantitative estimate of drug-likeness (QED) is 0.885. The minimum atomic E-state index is -0.873. The molecule has 1 aliphatic rings. The maximum absolute atomic E-state index is 12.4. The van der Waals surface area contributed by atoms with Crippen LogP contribution < -0.4 is 5.32 Å². The van der Waals surface area contributed by atoms with Gasteiger partial charge in [0, 0.05) is 38.4 Å². The number of carbonyl (C=O) groups excluding carboxylic acids is 2. The highest BCUT2D eigenvalue weighted by Gasteiger charge is 2.28. The summed E-state index contributed by atoms with van der Waals surface area (Å²) in [7, 11) is 3.35. The first-order chi connectivity index (χ1) is 11.3. The Morgan fingerprint density at radius 1 is 1.29 bits per heavy atom. The van der Waals surface area contributed by atoms with Crippen molar-refractivity contribution >= 4 is 23.6 Å². The van der Waals surface area contributed by atoms with Gasteiger partial charge >= 0.3 is 12.0 Å². The molecule has 7 nitrogen and oxygen atoms in total. The molecule has 1 saturated heterocycles. The molecule has 0 aromatic heterocycles. The molecule has 1 heterocycles. The first kappa shape index (κ1) is 17.8. The Labute approximate surface area is 141 Å². The summed E-state index contributed by atoms with van der Waals surface area (Å²) >= 11 is 0. The molecule has 0 radical (unpaired) electrons. The lowest BCUT2D eigenvalue weighted by molar-refractivity contribution is -0.143. The summed E-state index contributed by atoms with van der Waals surface area (Å²) in [5, 5.41) is 11.9. The summed E-state index contributed by atoms with van der Waals surface area (Å²) in [6.07, 6.45) is 1.26. The monoisotopic (exact) mass is 333 g/mol. The van der Waals surface area contributed by atoms with Gasteiger partial charge in [0.15, 0.2) is 0 Å². The first-order valence-electron chi connectivity index (χ1n) is 7.90. The molecule has 1 aromatic rings. The minimum absolute atomic E-state index is 0.132. The van der Waals surface area contributed by atoms with Gasteiger partial charge in [0.2, 0.25) is 0 Å². The van der Waals surface area contributed by atoms with Gasteiger partial charge in [0.05, 0.1) is 5.92 Å². The van der Waals surface area contributed by atoms with E-state index < -0.39 is 11.9 Å². The molecule has 1 aromatic carbocycles. The fourth-order valence-corrected chi connectivity index (χ4v) is 2.74. The fourth-order valence-electron chi connectivity index (χ4n) is 2.74. The first-order valence-corrected chi connectivity index (χ1v) is 7.90. The maximum atomic E-state index is 12.4. The second-order valence-electron chi connectivity index (χ2n) is 6.28. The number of piperidine rings is 1. The summed E-state index contributed by atoms with van der Waals surface area (Å²) in [5.74, 6) is -1.53. The third kappa shape index (κ3) is 4.04. The Hall–Kier alpha value is -2.57. The number of nitrogens with one attached hydrogen (secondary N) is 1. The van der Waals surface area contributed by atoms with E-state index in [-0.39, 0.29) is 18.5 Å². The molecule has 0 bridgehead atoms. The van der Waals surface area contributed by atoms with E-state index in [1.165, 1.54) is 9.80 Å². The molecule has 2 N–H and O–H groups in total. The van der Waals surface area contributed by atoms with Gasteiger partial charge in [-0.25, -0.2) is 4.79 Å². The van der Waals surface area contributed by atoms with Crippen LogP contribution in [0.2, 0.25) is 0 Å². The molecular formula is C17H23N3O4. The zero-order valence-corrected chi connectivity index (χ0v) is 14.2. The number of benzene rings is 1. The van der Waals surface area contributed by atoms with Crippen molar-refractivity contribution in [2.24, 2.45) is 5.92 Å². The van der Waals surface area contributed by atoms with E-state index in [1.807, 2.05) is 6.92 Å². The molecule has 24 heavy (non-hydrogen) atoms. The van der Waals surface area contributed by atoms with E-state index >= 15 is 0 Å². The Kier molecular flexibility index (Phi) is 5.43. The van der Waals surface area contributed by atoms with Crippen LogP contribution in [-0.2, 0) is 4.79 Å². The summed E-state index contributed by atoms with van der Waals surface area (Å²) in [4.78, 5) is 38.6. The molecule has 1 aliphatic heterocycles. The number of nitrogens with zero attached hydrogens (tertiary/aromatic N) is 2. The van der Waals surface area contributed by atoms with Crippen LogP contribution >= 0.6 is 0 Å². The van der Waals surface area contributed by atoms with Crippen LogP contribution in [0.5, 0.6) is 0 Å². The molecule has 0 saturated carbocycles. The Morgan fingerprint density at radius 3 is 2.62 bits per heavy atom. The zero-order valence-electron chi connectivity index (χ0n) is 14.2. The van der Waals surface area contributed by atoms with Gasteiger partial charge in [-0.3, -0.25) is 9.59 Å². The topological polar surface area (TPSA) is 90.0 Å². The lowest BCUT2D eigenvalue weighted by atomic mass is 9.99. The van der Waals surface area contributed by atoms with Gasteiger partial charge in [-0.05, 0) is 37.5 Å². The van der Waals surface area contributed by atoms with Gasteiger partial charge in [0.1, 0.15) is 0 Å². The molecular weight excluding hydrogens is 310 g/mol. The highest BCUT2D eigenvalue weighted by atomic mass is 16.4. The lowest BCUT2D eigenvalue weighted by Crippen LogP contribution is -2.44. The number of urea groups is 1. The largest absolute Gasteiger partial charge is 0.481 e. The van der Waals surface area contributed by atoms with Gasteiger partial charge in [0.25, 0.3) is 5.91 Å². The second kappa shape index (κ2) is 7.33. The summed E-state index contributed by atoms with van der Waals surface area (Å²) < 4.78 is 0. The van der Waals surface area contributed by atoms with Crippen molar-refractivity contribution in [2.75, 3.05) is 32.5 Å². The smallest absolute Gasteiger partial charge is 0.321 e. The zero-order chi connectivity index (χ0) is 17.9. The molecule has 1 atom stereocenters. The van der Waals surface area contributed by atoms with Crippen molar-refractivity contribution in [1.29, 1.82) is 0 Å². The van der Waals surface area contributed by atoms with E-state index in [1.54, 1.807) is 32.3 Å². The van der Waals surface area contributed by atoms with Gasteiger partial charge in [-0.1, -0.05) is 6.07 Å². The molecule has 0 spiro atoms. The number of amides is 3. The summed E-state index contributed by atoms with van der Waals surface area (Å²) in [5.41, 5.74) is 1.88. The molecule has 1 fully saturated rings. The number of carboxylic acid groups (broad SMARTS) is 1. The highest BCUT2D eigenvalue weighted by molar-refractivity contribution is 5.98. The SMILES string of the molecule is Cc1ccc(NC(=O)N2CCCC(C(=O)O)C2)cc1C(=O)N(C)C. The molecule has 1 unspecified atom stereocenters. The van der Waals surface area contributed by atoms with E-state index in [0.29, 0.717) is 30.6 Å². The average Bonchev–Trinajstić information content (AvgIpc) is 2.55. The van der Waals surface area contributed by atoms with Crippen LogP contribution in [0.1, 0.15) is 28.8 Å². The van der Waals surface area contributed by atoms with Gasteiger partial charge < -0.3 is 20.2 Å². The molecule has 2 rings (SSSR count). The Balaban J connectivity index is 2.10. The molecule has 130 valence electrons. The number of aliphatic carboxylic acids is 1. The number of rotatable bonds is 3. The second-order valence-corrected chi connectivity index (χ2v) is 6.28. The van der Waals surface area contributed by atoms with Crippen molar-refractivity contribution in [3.63, 3.8) is 0 Å². The minimum Gasteiger partial charge on any atom is -0.481 e. The number of carboxylic acids is 1. The van der Waals surface area contributed by atoms with E-state index in [9.17, 15) is 14.4 Å². The maximum Gasteiger partial charge on any atom is 0.321 e. The number of hydrogen-bond acceptors (Lipinski definition) is 3. The summed E-state index contributed by atoms with van der Waals surface area (Å²) in [6, 6.07) is 4.82. The normalized spacial score (nSPS) is 17.3. The van der Waals surface area contributed by atoms with E-state index in [4.69, 9.17) is 5.11 Å². The predicted octanol–water partition coefficient (Wildman–Crippen LogP) is 2.03. The van der Waals surface area contributed by atoms with Gasteiger partial charge in [-0.15, -0.1) is 0 Å². The number of carbonyl (C=O) groups is 3. The van der Waals surface area contributed by atoms with E-state index in [0.717, 1.165) is 5.56 Å². The molecule has 7 heteroatoms. The van der Waals surface area contributed by atoms with Crippen LogP contribution in [0.3, 0.4) is 0 Å². The van der Waals surface area contributed by atoms with Crippen LogP contribution in [0.4, 0.5) is 10.5 Å². The van der Waals surface area contributed by atoms with Crippen LogP contribution in [0, 0.1) is 12.8 Å². The fraction of sp³-hybridized carbons (Fsp3) is 0.471. The lowest BCUT2D eigenvalue weighted by Gasteiger charge is -2.30. The van der Waals surface area contributed by atoms with Crippen molar-refractivity contribution in [3.8, 4) is 0 Å². The highest BCUT2D eigenvalue weighted by Crippen LogP contribution is 2.20. The number of likely N-dealkylation sites (tertiary alicyclic amines) is 1. The van der Waals surface area contributed by atoms with Crippen molar-refractivity contribution in [2.45, 2.75) is 19.8 Å². The summed E-state index contributed by atoms with van der Waals surface area (Å²) in [6.45, 7) is 2.58. The number of aryl methyl sites for hydroxylation is 1. The molecule has 0 aliphatic carbocycles. The average molecular weight is 333 g/mol. The number of hydrogen-bond donors (Lipinski definition) is 2. The third-order valence-electron chi connectivity index (χ3n) is 4.18. The molecule has 3 amide bonds. The number of anilines is 1. The van der Waals surface area contributed by atoms with Crippen molar-refractivity contribution in [1.82, 2.24) is 9.80 Å². The Bertz CT molecular complexity index is 657. The standard InChI is InChI=1S/C17H23N3O4/c1-11-6-7-13(9-14(11)15(21)19(2)3)18-17(24)20-8-4-5-12(10-20)16(22)23/h6-7,9,12H,4-5,8,10H2,1-3H3,(H,18,24)(H,22,23). The van der Waals surface area contributed by atoms with Crippen molar-refractivity contribution in [3.05, 3.63) is 29.3 Å². The van der Waals surface area contributed by atoms with Crippen LogP contribution in [-0.4, -0.2) is 60.0 Å². The van der Waals surface area contributed by atoms with Crippen LogP contribution in [0.25, 0.3) is 0 Å². The predicted molar refractivity (Wildman–Crippen MR) is 90.1 cm³/mol. The third-order valence-corrected chi connectivity index (χ3v) is 4.18. The van der Waals surface area contributed by atoms with Crippen LogP contribution in [0.15, 0.2) is 18.2 Å².